The van der Waals surface area contributed by atoms with Crippen LogP contribution in [0.3, 0.4) is 0 Å². The molecule has 0 amide bonds. The van der Waals surface area contributed by atoms with E-state index in [2.05, 4.69) is 140 Å². The van der Waals surface area contributed by atoms with E-state index in [0.717, 1.165) is 0 Å². The molecule has 1 aliphatic carbocycles. The van der Waals surface area contributed by atoms with E-state index in [0.29, 0.717) is 0 Å². The molecule has 35 heavy (non-hydrogen) atoms. The van der Waals surface area contributed by atoms with Crippen molar-refractivity contribution in [2.75, 3.05) is 0 Å². The molecule has 0 saturated carbocycles. The highest BCUT2D eigenvalue weighted by atomic mass is 14.0. The molecule has 0 nitrogen and oxygen atoms in total. The standard InChI is InChI=1S/3C8H10.C7H10.4CH4/c1-7-3-5-8(2)6-4-7;1-7-4-3-5-8(2)6-7;1-7-5-3-4-6-8(7)2;1-6-3-4-7(2)5-6;;;;/h3*3-6H,1-2H3;3-4H,5H2,1-2H3;4*1H4. The van der Waals surface area contributed by atoms with E-state index in [1.165, 1.54) is 50.9 Å². The first-order valence-corrected chi connectivity index (χ1v) is 11.1. The molecule has 3 aromatic carbocycles. The Morgan fingerprint density at radius 3 is 0.943 bits per heavy atom. The van der Waals surface area contributed by atoms with E-state index < -0.39 is 0 Å². The van der Waals surface area contributed by atoms with E-state index in [-0.39, 0.29) is 29.7 Å². The summed E-state index contributed by atoms with van der Waals surface area (Å²) in [6.45, 7) is 17.0. The van der Waals surface area contributed by atoms with Crippen LogP contribution < -0.4 is 0 Å². The summed E-state index contributed by atoms with van der Waals surface area (Å²) in [5.74, 6) is 0. The number of aryl methyl sites for hydroxylation is 6. The van der Waals surface area contributed by atoms with Crippen LogP contribution in [0, 0.1) is 41.5 Å². The highest BCUT2D eigenvalue weighted by Crippen LogP contribution is 2.16. The van der Waals surface area contributed by atoms with Crippen molar-refractivity contribution in [1.82, 2.24) is 0 Å². The molecule has 0 heterocycles. The van der Waals surface area contributed by atoms with Crippen LogP contribution in [0.25, 0.3) is 0 Å². The summed E-state index contributed by atoms with van der Waals surface area (Å²) in [5, 5.41) is 0. The molecule has 4 rings (SSSR count). The third-order valence-corrected chi connectivity index (χ3v) is 5.03. The highest BCUT2D eigenvalue weighted by Gasteiger charge is 1.95. The van der Waals surface area contributed by atoms with Gasteiger partial charge in [-0.3, -0.25) is 0 Å². The lowest BCUT2D eigenvalue weighted by Crippen LogP contribution is -1.74. The van der Waals surface area contributed by atoms with E-state index in [4.69, 9.17) is 0 Å². The minimum Gasteiger partial charge on any atom is -0.0776 e. The molecule has 0 N–H and O–H groups in total. The number of benzene rings is 3. The van der Waals surface area contributed by atoms with Gasteiger partial charge < -0.3 is 0 Å². The van der Waals surface area contributed by atoms with Crippen molar-refractivity contribution in [2.24, 2.45) is 0 Å². The van der Waals surface area contributed by atoms with Crippen molar-refractivity contribution >= 4 is 0 Å². The molecular formula is C35H56. The molecular weight excluding hydrogens is 420 g/mol. The number of hydrogen-bond donors (Lipinski definition) is 0. The molecule has 0 bridgehead atoms. The average Bonchev–Trinajstić information content (AvgIpc) is 3.10. The third-order valence-electron chi connectivity index (χ3n) is 5.03. The van der Waals surface area contributed by atoms with Crippen molar-refractivity contribution in [3.05, 3.63) is 129 Å². The lowest BCUT2D eigenvalue weighted by atomic mass is 10.1. The molecule has 0 aliphatic heterocycles. The van der Waals surface area contributed by atoms with E-state index in [1.54, 1.807) is 0 Å². The van der Waals surface area contributed by atoms with Gasteiger partial charge in [-0.25, -0.2) is 0 Å². The van der Waals surface area contributed by atoms with E-state index in [9.17, 15) is 0 Å². The van der Waals surface area contributed by atoms with Gasteiger partial charge in [0.1, 0.15) is 0 Å². The smallest absolute Gasteiger partial charge is 0.0108 e. The Kier molecular flexibility index (Phi) is 24.4. The first-order valence-electron chi connectivity index (χ1n) is 11.1. The molecule has 196 valence electrons. The van der Waals surface area contributed by atoms with Gasteiger partial charge in [0.05, 0.1) is 0 Å². The molecule has 0 saturated heterocycles. The molecule has 0 heteroatoms. The van der Waals surface area contributed by atoms with Gasteiger partial charge >= 0.3 is 0 Å². The first-order chi connectivity index (χ1) is 14.7. The van der Waals surface area contributed by atoms with Crippen LogP contribution in [-0.2, 0) is 0 Å². The fraction of sp³-hybridized carbons (Fsp3) is 0.371. The van der Waals surface area contributed by atoms with E-state index >= 15 is 0 Å². The summed E-state index contributed by atoms with van der Waals surface area (Å²) in [4.78, 5) is 0. The average molecular weight is 477 g/mol. The fourth-order valence-corrected chi connectivity index (χ4v) is 2.95. The Balaban J connectivity index is -0.000000177. The van der Waals surface area contributed by atoms with Crippen molar-refractivity contribution in [2.45, 2.75) is 91.5 Å². The monoisotopic (exact) mass is 476 g/mol. The second-order valence-electron chi connectivity index (χ2n) is 8.60. The topological polar surface area (TPSA) is 0 Å². The van der Waals surface area contributed by atoms with E-state index in [1.807, 2.05) is 0 Å². The number of allylic oxidation sites excluding steroid dienone is 4. The molecule has 1 aliphatic rings. The molecule has 0 aromatic heterocycles. The summed E-state index contributed by atoms with van der Waals surface area (Å²) >= 11 is 0. The van der Waals surface area contributed by atoms with Crippen LogP contribution in [0.1, 0.15) is 83.4 Å². The normalized spacial score (nSPS) is 10.2. The van der Waals surface area contributed by atoms with Gasteiger partial charge in [0, 0.05) is 0 Å². The van der Waals surface area contributed by atoms with Crippen molar-refractivity contribution in [1.29, 1.82) is 0 Å². The molecule has 0 fully saturated rings. The van der Waals surface area contributed by atoms with Crippen LogP contribution in [-0.4, -0.2) is 0 Å². The lowest BCUT2D eigenvalue weighted by Gasteiger charge is -1.93. The molecule has 0 unspecified atom stereocenters. The van der Waals surface area contributed by atoms with Crippen LogP contribution >= 0.6 is 0 Å². The fourth-order valence-electron chi connectivity index (χ4n) is 2.95. The predicted molar refractivity (Wildman–Crippen MR) is 167 cm³/mol. The lowest BCUT2D eigenvalue weighted by molar-refractivity contribution is 1.15. The van der Waals surface area contributed by atoms with Gasteiger partial charge in [-0.1, -0.05) is 148 Å². The quantitative estimate of drug-likeness (QED) is 0.302. The Bertz CT molecular complexity index is 894. The Morgan fingerprint density at radius 1 is 0.400 bits per heavy atom. The van der Waals surface area contributed by atoms with Crippen molar-refractivity contribution in [3.63, 3.8) is 0 Å². The Labute approximate surface area is 220 Å². The summed E-state index contributed by atoms with van der Waals surface area (Å²) < 4.78 is 0. The highest BCUT2D eigenvalue weighted by molar-refractivity contribution is 5.27. The largest absolute Gasteiger partial charge is 0.0776 e. The zero-order chi connectivity index (χ0) is 23.2. The first kappa shape index (κ1) is 39.4. The van der Waals surface area contributed by atoms with Gasteiger partial charge in [-0.2, -0.15) is 0 Å². The summed E-state index contributed by atoms with van der Waals surface area (Å²) in [5.41, 5.74) is 11.0. The maximum absolute atomic E-state index is 2.18. The second kappa shape index (κ2) is 21.7. The van der Waals surface area contributed by atoms with Crippen LogP contribution in [0.2, 0.25) is 0 Å². The maximum Gasteiger partial charge on any atom is -0.0108 e. The summed E-state index contributed by atoms with van der Waals surface area (Å²) in [6, 6.07) is 25.3. The predicted octanol–water partition coefficient (Wildman–Crippen LogP) is 11.7. The number of hydrogen-bond acceptors (Lipinski definition) is 0. The van der Waals surface area contributed by atoms with Gasteiger partial charge in [0.2, 0.25) is 0 Å². The minimum atomic E-state index is 0. The molecule has 0 radical (unpaired) electrons. The van der Waals surface area contributed by atoms with Gasteiger partial charge in [-0.15, -0.1) is 0 Å². The van der Waals surface area contributed by atoms with Crippen LogP contribution in [0.5, 0.6) is 0 Å². The minimum absolute atomic E-state index is 0. The Morgan fingerprint density at radius 2 is 0.743 bits per heavy atom. The number of rotatable bonds is 0. The molecule has 3 aromatic rings. The Hall–Kier alpha value is -2.86. The van der Waals surface area contributed by atoms with Crippen molar-refractivity contribution in [3.8, 4) is 0 Å². The summed E-state index contributed by atoms with van der Waals surface area (Å²) in [6.07, 6.45) is 5.55. The van der Waals surface area contributed by atoms with Gasteiger partial charge in [0.25, 0.3) is 0 Å². The molecule has 0 atom stereocenters. The third kappa shape index (κ3) is 19.2. The zero-order valence-corrected chi connectivity index (χ0v) is 20.8. The zero-order valence-electron chi connectivity index (χ0n) is 20.8. The van der Waals surface area contributed by atoms with Crippen LogP contribution in [0.15, 0.2) is 96.1 Å². The summed E-state index contributed by atoms with van der Waals surface area (Å²) in [7, 11) is 0. The van der Waals surface area contributed by atoms with Crippen molar-refractivity contribution < 1.29 is 0 Å². The SMILES string of the molecule is C.C.C.C.CC1=CC=C(C)C1.Cc1ccc(C)cc1.Cc1cccc(C)c1.Cc1ccccc1C. The van der Waals surface area contributed by atoms with Crippen LogP contribution in [0.4, 0.5) is 0 Å². The van der Waals surface area contributed by atoms with Gasteiger partial charge in [-0.05, 0) is 72.9 Å². The van der Waals surface area contributed by atoms with Gasteiger partial charge in [0.15, 0.2) is 0 Å². The maximum atomic E-state index is 2.18. The second-order valence-corrected chi connectivity index (χ2v) is 8.60. The molecule has 0 spiro atoms.